The fraction of sp³-hybridized carbons (Fsp3) is 0.409. The molecule has 0 bridgehead atoms. The summed E-state index contributed by atoms with van der Waals surface area (Å²) in [6.45, 7) is 2.04. The first-order chi connectivity index (χ1) is 13.7. The molecule has 2 aromatic rings. The van der Waals surface area contributed by atoms with Gasteiger partial charge in [0.1, 0.15) is 11.4 Å². The van der Waals surface area contributed by atoms with Gasteiger partial charge in [0.2, 0.25) is 0 Å². The van der Waals surface area contributed by atoms with Crippen molar-refractivity contribution in [3.63, 3.8) is 0 Å². The molecule has 1 aromatic heterocycles. The molecule has 0 atom stereocenters. The number of aromatic nitrogens is 1. The van der Waals surface area contributed by atoms with E-state index in [4.69, 9.17) is 4.74 Å². The van der Waals surface area contributed by atoms with Crippen LogP contribution in [0.1, 0.15) is 52.1 Å². The number of pyridine rings is 1. The number of hydrogen-bond acceptors (Lipinski definition) is 4. The minimum atomic E-state index is -0.194. The molecular weight excluding hydrogens is 354 g/mol. The second-order valence-electron chi connectivity index (χ2n) is 6.99. The van der Waals surface area contributed by atoms with Crippen LogP contribution in [-0.4, -0.2) is 48.4 Å². The van der Waals surface area contributed by atoms with Crippen LogP contribution in [0.25, 0.3) is 0 Å². The van der Waals surface area contributed by atoms with Gasteiger partial charge >= 0.3 is 0 Å². The van der Waals surface area contributed by atoms with Gasteiger partial charge < -0.3 is 15.0 Å². The Balaban J connectivity index is 1.56. The van der Waals surface area contributed by atoms with Crippen molar-refractivity contribution < 1.29 is 14.3 Å². The molecule has 1 aliphatic rings. The molecule has 3 rings (SSSR count). The Kier molecular flexibility index (Phi) is 7.00. The van der Waals surface area contributed by atoms with E-state index in [1.54, 1.807) is 19.2 Å². The molecule has 1 fully saturated rings. The maximum Gasteiger partial charge on any atom is 0.272 e. The third-order valence-corrected chi connectivity index (χ3v) is 4.99. The summed E-state index contributed by atoms with van der Waals surface area (Å²) in [6, 6.07) is 11.0. The molecule has 1 aromatic carbocycles. The highest BCUT2D eigenvalue weighted by atomic mass is 16.5. The zero-order valence-electron chi connectivity index (χ0n) is 16.3. The first kappa shape index (κ1) is 19.9. The maximum atomic E-state index is 12.7. The highest BCUT2D eigenvalue weighted by Gasteiger charge is 2.19. The summed E-state index contributed by atoms with van der Waals surface area (Å²) in [5.41, 5.74) is 1.92. The van der Waals surface area contributed by atoms with Gasteiger partial charge in [-0.2, -0.15) is 0 Å². The van der Waals surface area contributed by atoms with E-state index in [-0.39, 0.29) is 11.8 Å². The number of amides is 2. The third kappa shape index (κ3) is 5.31. The number of methoxy groups -OCH3 is 1. The molecule has 1 aliphatic heterocycles. The fourth-order valence-corrected chi connectivity index (χ4v) is 3.34. The molecule has 6 heteroatoms. The summed E-state index contributed by atoms with van der Waals surface area (Å²) in [7, 11) is 1.63. The lowest BCUT2D eigenvalue weighted by molar-refractivity contribution is 0.0755. The van der Waals surface area contributed by atoms with Crippen molar-refractivity contribution >= 4 is 11.8 Å². The van der Waals surface area contributed by atoms with Gasteiger partial charge in [-0.25, -0.2) is 0 Å². The summed E-state index contributed by atoms with van der Waals surface area (Å²) in [5, 5.41) is 2.91. The lowest BCUT2D eigenvalue weighted by atomic mass is 10.1. The smallest absolute Gasteiger partial charge is 0.272 e. The average molecular weight is 381 g/mol. The molecule has 2 heterocycles. The van der Waals surface area contributed by atoms with E-state index < -0.39 is 0 Å². The van der Waals surface area contributed by atoms with Crippen molar-refractivity contribution in [2.24, 2.45) is 0 Å². The number of carbonyl (C=O) groups is 2. The van der Waals surface area contributed by atoms with Crippen molar-refractivity contribution in [2.75, 3.05) is 26.7 Å². The first-order valence-electron chi connectivity index (χ1n) is 9.84. The lowest BCUT2D eigenvalue weighted by Crippen LogP contribution is -2.33. The Morgan fingerprint density at radius 1 is 1.07 bits per heavy atom. The lowest BCUT2D eigenvalue weighted by Gasteiger charge is -2.19. The van der Waals surface area contributed by atoms with E-state index in [1.807, 2.05) is 29.2 Å². The molecule has 6 nitrogen and oxygen atoms in total. The number of carbonyl (C=O) groups excluding carboxylic acids is 2. The summed E-state index contributed by atoms with van der Waals surface area (Å²) in [5.74, 6) is 0.529. The van der Waals surface area contributed by atoms with Crippen LogP contribution in [0, 0.1) is 0 Å². The van der Waals surface area contributed by atoms with Crippen molar-refractivity contribution in [1.82, 2.24) is 15.2 Å². The molecule has 0 radical (unpaired) electrons. The van der Waals surface area contributed by atoms with E-state index in [0.29, 0.717) is 17.8 Å². The van der Waals surface area contributed by atoms with E-state index in [2.05, 4.69) is 10.3 Å². The van der Waals surface area contributed by atoms with E-state index in [9.17, 15) is 9.59 Å². The van der Waals surface area contributed by atoms with Crippen LogP contribution in [0.4, 0.5) is 0 Å². The van der Waals surface area contributed by atoms with Crippen LogP contribution in [0.2, 0.25) is 0 Å². The summed E-state index contributed by atoms with van der Waals surface area (Å²) >= 11 is 0. The van der Waals surface area contributed by atoms with Crippen LogP contribution in [0.15, 0.2) is 42.6 Å². The van der Waals surface area contributed by atoms with E-state index in [1.165, 1.54) is 6.20 Å². The number of likely N-dealkylation sites (tertiary alicyclic amines) is 1. The summed E-state index contributed by atoms with van der Waals surface area (Å²) in [4.78, 5) is 31.2. The van der Waals surface area contributed by atoms with Gasteiger partial charge in [-0.15, -0.1) is 0 Å². The van der Waals surface area contributed by atoms with Gasteiger partial charge in [0.05, 0.1) is 7.11 Å². The third-order valence-electron chi connectivity index (χ3n) is 4.99. The second-order valence-corrected chi connectivity index (χ2v) is 6.99. The fourth-order valence-electron chi connectivity index (χ4n) is 3.34. The summed E-state index contributed by atoms with van der Waals surface area (Å²) in [6.07, 6.45) is 6.63. The van der Waals surface area contributed by atoms with Crippen LogP contribution in [0.3, 0.4) is 0 Å². The Bertz CT molecular complexity index is 797. The maximum absolute atomic E-state index is 12.7. The monoisotopic (exact) mass is 381 g/mol. The standard InChI is InChI=1S/C22H27N3O3/c1-28-19-8-6-17(7-9-19)10-12-24-21(26)18-11-13-23-20(16-18)22(27)25-14-4-2-3-5-15-25/h6-9,11,13,16H,2-5,10,12,14-15H2,1H3,(H,24,26). The quantitative estimate of drug-likeness (QED) is 0.835. The highest BCUT2D eigenvalue weighted by molar-refractivity contribution is 5.98. The molecule has 0 unspecified atom stereocenters. The predicted molar refractivity (Wildman–Crippen MR) is 108 cm³/mol. The van der Waals surface area contributed by atoms with Crippen molar-refractivity contribution in [2.45, 2.75) is 32.1 Å². The van der Waals surface area contributed by atoms with E-state index in [0.717, 1.165) is 56.5 Å². The summed E-state index contributed by atoms with van der Waals surface area (Å²) < 4.78 is 5.14. The van der Waals surface area contributed by atoms with Gasteiger partial charge in [0.15, 0.2) is 0 Å². The SMILES string of the molecule is COc1ccc(CCNC(=O)c2ccnc(C(=O)N3CCCCCC3)c2)cc1. The minimum Gasteiger partial charge on any atom is -0.497 e. The molecule has 1 saturated heterocycles. The Morgan fingerprint density at radius 3 is 2.46 bits per heavy atom. The van der Waals surface area contributed by atoms with Crippen molar-refractivity contribution in [3.05, 3.63) is 59.4 Å². The number of rotatable bonds is 6. The van der Waals surface area contributed by atoms with Crippen LogP contribution in [-0.2, 0) is 6.42 Å². The molecule has 148 valence electrons. The highest BCUT2D eigenvalue weighted by Crippen LogP contribution is 2.14. The van der Waals surface area contributed by atoms with Crippen LogP contribution >= 0.6 is 0 Å². The predicted octanol–water partition coefficient (Wildman–Crippen LogP) is 3.08. The number of nitrogens with zero attached hydrogens (tertiary/aromatic N) is 2. The van der Waals surface area contributed by atoms with Crippen LogP contribution in [0.5, 0.6) is 5.75 Å². The van der Waals surface area contributed by atoms with Crippen molar-refractivity contribution in [3.8, 4) is 5.75 Å². The zero-order valence-corrected chi connectivity index (χ0v) is 16.3. The van der Waals surface area contributed by atoms with E-state index >= 15 is 0 Å². The molecule has 0 spiro atoms. The first-order valence-corrected chi connectivity index (χ1v) is 9.84. The normalized spacial score (nSPS) is 14.2. The number of ether oxygens (including phenoxy) is 1. The molecule has 0 saturated carbocycles. The number of hydrogen-bond donors (Lipinski definition) is 1. The van der Waals surface area contributed by atoms with Gasteiger partial charge in [-0.3, -0.25) is 14.6 Å². The average Bonchev–Trinajstić information content (AvgIpc) is 3.03. The van der Waals surface area contributed by atoms with Gasteiger partial charge in [-0.05, 0) is 49.1 Å². The molecule has 1 N–H and O–H groups in total. The molecule has 2 amide bonds. The zero-order chi connectivity index (χ0) is 19.8. The molecule has 0 aliphatic carbocycles. The van der Waals surface area contributed by atoms with Gasteiger partial charge in [0, 0.05) is 31.4 Å². The van der Waals surface area contributed by atoms with Gasteiger partial charge in [-0.1, -0.05) is 25.0 Å². The molecular formula is C22H27N3O3. The Hall–Kier alpha value is -2.89. The van der Waals surface area contributed by atoms with Gasteiger partial charge in [0.25, 0.3) is 11.8 Å². The Labute approximate surface area is 165 Å². The number of nitrogens with one attached hydrogen (secondary N) is 1. The largest absolute Gasteiger partial charge is 0.497 e. The second kappa shape index (κ2) is 9.88. The topological polar surface area (TPSA) is 71.5 Å². The molecule has 28 heavy (non-hydrogen) atoms. The number of benzene rings is 1. The minimum absolute atomic E-state index is 0.0882. The van der Waals surface area contributed by atoms with Crippen LogP contribution < -0.4 is 10.1 Å². The van der Waals surface area contributed by atoms with Crippen molar-refractivity contribution in [1.29, 1.82) is 0 Å². The Morgan fingerprint density at radius 2 is 1.79 bits per heavy atom.